The van der Waals surface area contributed by atoms with E-state index >= 15 is 0 Å². The van der Waals surface area contributed by atoms with Crippen LogP contribution in [0.1, 0.15) is 11.3 Å². The molecule has 2 aromatic carbocycles. The van der Waals surface area contributed by atoms with Gasteiger partial charge in [-0.15, -0.1) is 0 Å². The van der Waals surface area contributed by atoms with E-state index in [2.05, 4.69) is 0 Å². The van der Waals surface area contributed by atoms with Crippen molar-refractivity contribution in [3.8, 4) is 17.2 Å². The van der Waals surface area contributed by atoms with Crippen molar-refractivity contribution in [2.24, 2.45) is 0 Å². The van der Waals surface area contributed by atoms with E-state index in [1.807, 2.05) is 60.7 Å². The van der Waals surface area contributed by atoms with E-state index in [0.29, 0.717) is 17.3 Å². The van der Waals surface area contributed by atoms with Gasteiger partial charge in [-0.1, -0.05) is 18.2 Å². The van der Waals surface area contributed by atoms with Gasteiger partial charge in [0.05, 0.1) is 27.4 Å². The van der Waals surface area contributed by atoms with Gasteiger partial charge in [0.15, 0.2) is 11.5 Å². The van der Waals surface area contributed by atoms with Crippen LogP contribution in [0.4, 0.5) is 0 Å². The van der Waals surface area contributed by atoms with Gasteiger partial charge in [0.25, 0.3) is 0 Å². The van der Waals surface area contributed by atoms with Gasteiger partial charge in [0.1, 0.15) is 11.1 Å². The van der Waals surface area contributed by atoms with E-state index in [0.717, 1.165) is 22.3 Å². The summed E-state index contributed by atoms with van der Waals surface area (Å²) in [7, 11) is 4.89. The number of para-hydroxylation sites is 1. The summed E-state index contributed by atoms with van der Waals surface area (Å²) in [6.07, 6.45) is 3.85. The fraction of sp³-hybridized carbons (Fsp3) is 0.150. The SMILES string of the molecule is COc1ccc(C=Cc2cc(OC)c3ccccc3[o+]2)cc1OC. The fourth-order valence-electron chi connectivity index (χ4n) is 2.51. The molecule has 0 amide bonds. The third-order valence-electron chi connectivity index (χ3n) is 3.72. The van der Waals surface area contributed by atoms with Crippen LogP contribution < -0.4 is 14.2 Å². The first-order valence-corrected chi connectivity index (χ1v) is 7.55. The van der Waals surface area contributed by atoms with Crippen molar-refractivity contribution in [3.63, 3.8) is 0 Å². The molecule has 0 saturated carbocycles. The normalized spacial score (nSPS) is 11.0. The summed E-state index contributed by atoms with van der Waals surface area (Å²) in [6.45, 7) is 0. The number of benzene rings is 2. The molecule has 1 aromatic heterocycles. The number of hydrogen-bond acceptors (Lipinski definition) is 3. The molecular weight excluding hydrogens is 304 g/mol. The first-order valence-electron chi connectivity index (χ1n) is 7.55. The van der Waals surface area contributed by atoms with Gasteiger partial charge in [0, 0.05) is 12.1 Å². The Hall–Kier alpha value is -3.01. The van der Waals surface area contributed by atoms with E-state index in [9.17, 15) is 0 Å². The minimum Gasteiger partial charge on any atom is -0.495 e. The molecule has 0 radical (unpaired) electrons. The van der Waals surface area contributed by atoms with Crippen LogP contribution in [-0.4, -0.2) is 21.3 Å². The van der Waals surface area contributed by atoms with Crippen LogP contribution in [0.15, 0.2) is 52.9 Å². The minimum atomic E-state index is 0.688. The second kappa shape index (κ2) is 7.04. The molecule has 1 heterocycles. The first kappa shape index (κ1) is 15.9. The Morgan fingerprint density at radius 3 is 2.25 bits per heavy atom. The third-order valence-corrected chi connectivity index (χ3v) is 3.72. The van der Waals surface area contributed by atoms with E-state index in [4.69, 9.17) is 18.6 Å². The minimum absolute atomic E-state index is 0.688. The van der Waals surface area contributed by atoms with E-state index in [-0.39, 0.29) is 0 Å². The Labute approximate surface area is 140 Å². The molecule has 3 aromatic rings. The lowest BCUT2D eigenvalue weighted by atomic mass is 10.1. The highest BCUT2D eigenvalue weighted by Crippen LogP contribution is 2.30. The Morgan fingerprint density at radius 2 is 1.50 bits per heavy atom. The van der Waals surface area contributed by atoms with Crippen molar-refractivity contribution in [3.05, 3.63) is 59.9 Å². The summed E-state index contributed by atoms with van der Waals surface area (Å²) in [5, 5.41) is 0.947. The van der Waals surface area contributed by atoms with Crippen molar-refractivity contribution in [2.45, 2.75) is 0 Å². The highest BCUT2D eigenvalue weighted by molar-refractivity contribution is 5.85. The van der Waals surface area contributed by atoms with Crippen molar-refractivity contribution in [1.29, 1.82) is 0 Å². The molecule has 0 spiro atoms. The maximum absolute atomic E-state index is 5.90. The maximum atomic E-state index is 5.90. The monoisotopic (exact) mass is 323 g/mol. The molecule has 0 aliphatic rings. The molecule has 0 aliphatic carbocycles. The van der Waals surface area contributed by atoms with Gasteiger partial charge in [0.2, 0.25) is 0 Å². The van der Waals surface area contributed by atoms with Crippen molar-refractivity contribution < 1.29 is 18.6 Å². The number of rotatable bonds is 5. The molecule has 3 rings (SSSR count). The Kier molecular flexibility index (Phi) is 4.66. The Bertz CT molecular complexity index is 884. The Balaban J connectivity index is 1.96. The quantitative estimate of drug-likeness (QED) is 0.625. The molecule has 122 valence electrons. The van der Waals surface area contributed by atoms with Crippen LogP contribution >= 0.6 is 0 Å². The summed E-state index contributed by atoms with van der Waals surface area (Å²) >= 11 is 0. The molecule has 0 unspecified atom stereocenters. The second-order valence-corrected chi connectivity index (χ2v) is 5.16. The second-order valence-electron chi connectivity index (χ2n) is 5.16. The van der Waals surface area contributed by atoms with E-state index in [1.54, 1.807) is 21.3 Å². The lowest BCUT2D eigenvalue weighted by molar-refractivity contribution is 0.355. The van der Waals surface area contributed by atoms with Gasteiger partial charge in [-0.05, 0) is 29.8 Å². The zero-order chi connectivity index (χ0) is 16.9. The molecule has 0 saturated heterocycles. The van der Waals surface area contributed by atoms with Crippen LogP contribution in [0.5, 0.6) is 17.2 Å². The molecule has 0 N–H and O–H groups in total. The zero-order valence-electron chi connectivity index (χ0n) is 13.9. The van der Waals surface area contributed by atoms with Crippen molar-refractivity contribution in [1.82, 2.24) is 0 Å². The van der Waals surface area contributed by atoms with Crippen molar-refractivity contribution in [2.75, 3.05) is 21.3 Å². The summed E-state index contributed by atoms with van der Waals surface area (Å²) in [5.74, 6) is 2.88. The molecule has 0 aliphatic heterocycles. The van der Waals surface area contributed by atoms with Crippen LogP contribution in [0.3, 0.4) is 0 Å². The van der Waals surface area contributed by atoms with Crippen LogP contribution in [0, 0.1) is 0 Å². The average molecular weight is 323 g/mol. The first-order chi connectivity index (χ1) is 11.7. The molecule has 4 nitrogen and oxygen atoms in total. The predicted molar refractivity (Wildman–Crippen MR) is 95.6 cm³/mol. The van der Waals surface area contributed by atoms with Crippen LogP contribution in [0.2, 0.25) is 0 Å². The van der Waals surface area contributed by atoms with Gasteiger partial charge >= 0.3 is 11.3 Å². The summed E-state index contributed by atoms with van der Waals surface area (Å²) in [6, 6.07) is 15.4. The average Bonchev–Trinajstić information content (AvgIpc) is 2.65. The van der Waals surface area contributed by atoms with Gasteiger partial charge in [-0.2, -0.15) is 0 Å². The van der Waals surface area contributed by atoms with Gasteiger partial charge in [-0.25, -0.2) is 4.42 Å². The van der Waals surface area contributed by atoms with Crippen LogP contribution in [0.25, 0.3) is 23.1 Å². The summed E-state index contributed by atoms with van der Waals surface area (Å²) in [4.78, 5) is 0. The molecule has 0 bridgehead atoms. The maximum Gasteiger partial charge on any atom is 0.364 e. The Morgan fingerprint density at radius 1 is 0.750 bits per heavy atom. The third kappa shape index (κ3) is 3.18. The molecule has 4 heteroatoms. The number of fused-ring (bicyclic) bond motifs is 1. The smallest absolute Gasteiger partial charge is 0.364 e. The van der Waals surface area contributed by atoms with Gasteiger partial charge < -0.3 is 14.2 Å². The molecule has 24 heavy (non-hydrogen) atoms. The number of hydrogen-bond donors (Lipinski definition) is 0. The lowest BCUT2D eigenvalue weighted by Gasteiger charge is -2.07. The predicted octanol–water partition coefficient (Wildman–Crippen LogP) is 4.91. The summed E-state index contributed by atoms with van der Waals surface area (Å²) in [5.41, 5.74) is 1.76. The van der Waals surface area contributed by atoms with Crippen LogP contribution in [-0.2, 0) is 0 Å². The molecule has 0 fully saturated rings. The van der Waals surface area contributed by atoms with E-state index < -0.39 is 0 Å². The largest absolute Gasteiger partial charge is 0.495 e. The van der Waals surface area contributed by atoms with Gasteiger partial charge in [-0.3, -0.25) is 0 Å². The number of ether oxygens (including phenoxy) is 3. The highest BCUT2D eigenvalue weighted by atomic mass is 16.5. The summed E-state index contributed by atoms with van der Waals surface area (Å²) < 4.78 is 21.9. The van der Waals surface area contributed by atoms with Crippen molar-refractivity contribution >= 4 is 23.1 Å². The zero-order valence-corrected chi connectivity index (χ0v) is 13.9. The lowest BCUT2D eigenvalue weighted by Crippen LogP contribution is -1.90. The van der Waals surface area contributed by atoms with E-state index in [1.165, 1.54) is 0 Å². The molecular formula is C20H19O4+. The highest BCUT2D eigenvalue weighted by Gasteiger charge is 2.15. The fourth-order valence-corrected chi connectivity index (χ4v) is 2.51. The topological polar surface area (TPSA) is 39.0 Å². The standard InChI is InChI=1S/C20H19O4/c1-21-18-11-9-14(12-20(18)23-3)8-10-15-13-19(22-2)16-6-4-5-7-17(16)24-15/h4-13H,1-3H3/q+1. The number of methoxy groups -OCH3 is 3. The molecule has 0 atom stereocenters.